The number of likely N-dealkylation sites (N-methyl/N-ethyl adjacent to an activating group) is 1. The number of nitrogens with zero attached hydrogens (tertiary/aromatic N) is 2. The Hall–Kier alpha value is -1.79. The Balaban J connectivity index is 1.60. The normalized spacial score (nSPS) is 16.0. The van der Waals surface area contributed by atoms with Crippen molar-refractivity contribution in [3.05, 3.63) is 24.3 Å². The topological polar surface area (TPSA) is 54.0 Å². The van der Waals surface area contributed by atoms with Gasteiger partial charge in [0.1, 0.15) is 18.1 Å². The Morgan fingerprint density at radius 3 is 2.48 bits per heavy atom. The second-order valence-electron chi connectivity index (χ2n) is 6.54. The number of likely N-dealkylation sites (tertiary alicyclic amines) is 1. The van der Waals surface area contributed by atoms with E-state index in [4.69, 9.17) is 9.47 Å². The lowest BCUT2D eigenvalue weighted by atomic mass is 10.1. The summed E-state index contributed by atoms with van der Waals surface area (Å²) in [5.74, 6) is 1.72. The van der Waals surface area contributed by atoms with Crippen LogP contribution in [0.25, 0.3) is 0 Å². The van der Waals surface area contributed by atoms with Crippen molar-refractivity contribution < 1.29 is 14.3 Å². The molecule has 1 aromatic carbocycles. The van der Waals surface area contributed by atoms with Crippen LogP contribution in [0.4, 0.5) is 0 Å². The molecule has 1 aliphatic rings. The predicted molar refractivity (Wildman–Crippen MR) is 99.3 cm³/mol. The van der Waals surface area contributed by atoms with Gasteiger partial charge in [-0.2, -0.15) is 0 Å². The van der Waals surface area contributed by atoms with Gasteiger partial charge in [0.05, 0.1) is 13.7 Å². The molecule has 1 N–H and O–H groups in total. The molecular formula is C19H31N3O3. The van der Waals surface area contributed by atoms with Crippen LogP contribution in [0.2, 0.25) is 0 Å². The number of benzene rings is 1. The molecule has 1 amide bonds. The van der Waals surface area contributed by atoms with Crippen LogP contribution >= 0.6 is 0 Å². The third-order valence-corrected chi connectivity index (χ3v) is 4.61. The number of amides is 1. The van der Waals surface area contributed by atoms with Crippen LogP contribution in [0, 0.1) is 0 Å². The number of hydrogen-bond donors (Lipinski definition) is 1. The van der Waals surface area contributed by atoms with Crippen molar-refractivity contribution in [3.63, 3.8) is 0 Å². The minimum atomic E-state index is 0.0990. The third kappa shape index (κ3) is 6.92. The lowest BCUT2D eigenvalue weighted by molar-refractivity contribution is -0.123. The van der Waals surface area contributed by atoms with Gasteiger partial charge in [0.25, 0.3) is 0 Å². The molecule has 25 heavy (non-hydrogen) atoms. The van der Waals surface area contributed by atoms with E-state index in [0.29, 0.717) is 25.7 Å². The molecule has 0 aromatic heterocycles. The van der Waals surface area contributed by atoms with Crippen LogP contribution in [-0.2, 0) is 4.79 Å². The Kier molecular flexibility index (Phi) is 8.01. The van der Waals surface area contributed by atoms with Crippen molar-refractivity contribution in [2.75, 3.05) is 53.5 Å². The third-order valence-electron chi connectivity index (χ3n) is 4.61. The van der Waals surface area contributed by atoms with E-state index >= 15 is 0 Å². The largest absolute Gasteiger partial charge is 0.497 e. The van der Waals surface area contributed by atoms with Gasteiger partial charge >= 0.3 is 0 Å². The number of rotatable bonds is 9. The number of methoxy groups -OCH3 is 1. The van der Waals surface area contributed by atoms with Crippen LogP contribution in [0.5, 0.6) is 11.5 Å². The highest BCUT2D eigenvalue weighted by atomic mass is 16.5. The molecule has 0 spiro atoms. The summed E-state index contributed by atoms with van der Waals surface area (Å²) >= 11 is 0. The molecule has 140 valence electrons. The molecular weight excluding hydrogens is 318 g/mol. The first kappa shape index (κ1) is 19.5. The van der Waals surface area contributed by atoms with E-state index in [1.54, 1.807) is 7.11 Å². The number of ether oxygens (including phenoxy) is 2. The number of nitrogens with one attached hydrogen (secondary N) is 1. The number of carbonyl (C=O) groups is 1. The summed E-state index contributed by atoms with van der Waals surface area (Å²) in [6, 6.07) is 7.83. The summed E-state index contributed by atoms with van der Waals surface area (Å²) in [6.45, 7) is 7.08. The first-order valence-electron chi connectivity index (χ1n) is 9.07. The van der Waals surface area contributed by atoms with E-state index in [9.17, 15) is 4.79 Å². The summed E-state index contributed by atoms with van der Waals surface area (Å²) in [5.41, 5.74) is 0. The van der Waals surface area contributed by atoms with E-state index in [1.807, 2.05) is 36.2 Å². The molecule has 0 saturated carbocycles. The monoisotopic (exact) mass is 349 g/mol. The van der Waals surface area contributed by atoms with Crippen molar-refractivity contribution in [1.82, 2.24) is 15.1 Å². The van der Waals surface area contributed by atoms with Gasteiger partial charge in [-0.05, 0) is 50.7 Å². The molecule has 6 heteroatoms. The summed E-state index contributed by atoms with van der Waals surface area (Å²) in [5, 5.41) is 3.15. The van der Waals surface area contributed by atoms with Crippen molar-refractivity contribution in [3.8, 4) is 11.5 Å². The van der Waals surface area contributed by atoms with E-state index < -0.39 is 0 Å². The minimum Gasteiger partial charge on any atom is -0.497 e. The lowest BCUT2D eigenvalue weighted by Gasteiger charge is -2.31. The van der Waals surface area contributed by atoms with Gasteiger partial charge in [-0.15, -0.1) is 0 Å². The molecule has 6 nitrogen and oxygen atoms in total. The van der Waals surface area contributed by atoms with Crippen molar-refractivity contribution in [2.45, 2.75) is 25.8 Å². The summed E-state index contributed by atoms with van der Waals surface area (Å²) in [4.78, 5) is 16.6. The van der Waals surface area contributed by atoms with Crippen molar-refractivity contribution >= 4 is 5.91 Å². The Morgan fingerprint density at radius 1 is 1.24 bits per heavy atom. The van der Waals surface area contributed by atoms with Gasteiger partial charge in [-0.25, -0.2) is 0 Å². The lowest BCUT2D eigenvalue weighted by Crippen LogP contribution is -2.47. The predicted octanol–water partition coefficient (Wildman–Crippen LogP) is 1.61. The van der Waals surface area contributed by atoms with E-state index in [1.165, 1.54) is 0 Å². The molecule has 0 unspecified atom stereocenters. The van der Waals surface area contributed by atoms with Crippen molar-refractivity contribution in [1.29, 1.82) is 0 Å². The maximum atomic E-state index is 12.2. The first-order valence-corrected chi connectivity index (χ1v) is 9.07. The number of carbonyl (C=O) groups excluding carboxylic acids is 1. The zero-order chi connectivity index (χ0) is 18.1. The maximum Gasteiger partial charge on any atom is 0.234 e. The van der Waals surface area contributed by atoms with Crippen LogP contribution in [0.1, 0.15) is 19.8 Å². The molecule has 1 saturated heterocycles. The summed E-state index contributed by atoms with van der Waals surface area (Å²) in [7, 11) is 3.58. The molecule has 1 aliphatic heterocycles. The summed E-state index contributed by atoms with van der Waals surface area (Å²) < 4.78 is 10.8. The average Bonchev–Trinajstić information content (AvgIpc) is 2.63. The average molecular weight is 349 g/mol. The van der Waals surface area contributed by atoms with Gasteiger partial charge in [0.15, 0.2) is 0 Å². The zero-order valence-electron chi connectivity index (χ0n) is 15.7. The van der Waals surface area contributed by atoms with Gasteiger partial charge < -0.3 is 19.7 Å². The van der Waals surface area contributed by atoms with Gasteiger partial charge in [-0.3, -0.25) is 9.69 Å². The smallest absolute Gasteiger partial charge is 0.234 e. The maximum absolute atomic E-state index is 12.2. The molecule has 0 aliphatic carbocycles. The Morgan fingerprint density at radius 2 is 1.88 bits per heavy atom. The molecule has 0 bridgehead atoms. The Bertz CT molecular complexity index is 513. The van der Waals surface area contributed by atoms with E-state index in [0.717, 1.165) is 44.0 Å². The molecule has 0 atom stereocenters. The molecule has 1 aromatic rings. The Labute approximate surface area is 151 Å². The van der Waals surface area contributed by atoms with Crippen molar-refractivity contribution in [2.24, 2.45) is 0 Å². The van der Waals surface area contributed by atoms with Crippen LogP contribution < -0.4 is 14.8 Å². The van der Waals surface area contributed by atoms with Gasteiger partial charge in [0.2, 0.25) is 5.91 Å². The van der Waals surface area contributed by atoms with Gasteiger partial charge in [-0.1, -0.05) is 6.92 Å². The second-order valence-corrected chi connectivity index (χ2v) is 6.54. The van der Waals surface area contributed by atoms with Crippen LogP contribution in [0.15, 0.2) is 24.3 Å². The fraction of sp³-hybridized carbons (Fsp3) is 0.632. The number of hydrogen-bond acceptors (Lipinski definition) is 5. The molecule has 1 fully saturated rings. The highest BCUT2D eigenvalue weighted by Gasteiger charge is 2.19. The standard InChI is InChI=1S/C19H31N3O3/c1-4-22-11-9-16(10-12-22)20-19(23)15-21(2)13-14-25-18-7-5-17(24-3)6-8-18/h5-8,16H,4,9-15H2,1-3H3,(H,20,23). The van der Waals surface area contributed by atoms with Crippen LogP contribution in [-0.4, -0.2) is 75.2 Å². The fourth-order valence-electron chi connectivity index (χ4n) is 2.98. The fourth-order valence-corrected chi connectivity index (χ4v) is 2.98. The molecule has 2 rings (SSSR count). The SMILES string of the molecule is CCN1CCC(NC(=O)CN(C)CCOc2ccc(OC)cc2)CC1. The van der Waals surface area contributed by atoms with E-state index in [2.05, 4.69) is 17.1 Å². The van der Waals surface area contributed by atoms with E-state index in [-0.39, 0.29) is 5.91 Å². The number of piperidine rings is 1. The minimum absolute atomic E-state index is 0.0990. The van der Waals surface area contributed by atoms with Crippen LogP contribution in [0.3, 0.4) is 0 Å². The quantitative estimate of drug-likeness (QED) is 0.734. The second kappa shape index (κ2) is 10.3. The highest BCUT2D eigenvalue weighted by Crippen LogP contribution is 2.16. The molecule has 0 radical (unpaired) electrons. The molecule has 1 heterocycles. The first-order chi connectivity index (χ1) is 12.1. The highest BCUT2D eigenvalue weighted by molar-refractivity contribution is 5.78. The summed E-state index contributed by atoms with van der Waals surface area (Å²) in [6.07, 6.45) is 2.09. The van der Waals surface area contributed by atoms with Gasteiger partial charge in [0, 0.05) is 25.7 Å². The zero-order valence-corrected chi connectivity index (χ0v) is 15.7.